The van der Waals surface area contributed by atoms with Crippen molar-refractivity contribution in [3.8, 4) is 0 Å². The highest BCUT2D eigenvalue weighted by Gasteiger charge is 2.55. The van der Waals surface area contributed by atoms with Gasteiger partial charge in [-0.25, -0.2) is 0 Å². The van der Waals surface area contributed by atoms with Gasteiger partial charge in [-0.1, -0.05) is 60.2 Å². The molecule has 2 aromatic carbocycles. The smallest absolute Gasteiger partial charge is 0.376 e. The number of aryl methyl sites for hydroxylation is 1. The van der Waals surface area contributed by atoms with Crippen LogP contribution in [0.4, 0.5) is 13.2 Å². The van der Waals surface area contributed by atoms with E-state index in [0.29, 0.717) is 0 Å². The summed E-state index contributed by atoms with van der Waals surface area (Å²) in [7, 11) is 0. The fourth-order valence-corrected chi connectivity index (χ4v) is 2.15. The van der Waals surface area contributed by atoms with Gasteiger partial charge in [0, 0.05) is 5.56 Å². The number of Topliss-reactive ketones (excluding diaryl/α,β-unsaturated/α-hetero) is 1. The molecule has 1 N–H and O–H groups in total. The van der Waals surface area contributed by atoms with Crippen molar-refractivity contribution in [2.24, 2.45) is 0 Å². The lowest BCUT2D eigenvalue weighted by Crippen LogP contribution is -2.44. The van der Waals surface area contributed by atoms with Crippen LogP contribution < -0.4 is 0 Å². The zero-order chi connectivity index (χ0) is 16.4. The van der Waals surface area contributed by atoms with Crippen molar-refractivity contribution >= 4 is 5.78 Å². The fraction of sp³-hybridized carbons (Fsp3) is 0.235. The molecule has 116 valence electrons. The third-order valence-corrected chi connectivity index (χ3v) is 3.51. The number of hydrogen-bond donors (Lipinski definition) is 1. The average molecular weight is 308 g/mol. The van der Waals surface area contributed by atoms with E-state index in [1.165, 1.54) is 24.3 Å². The Hall–Kier alpha value is -2.14. The molecule has 2 nitrogen and oxygen atoms in total. The summed E-state index contributed by atoms with van der Waals surface area (Å²) in [5.74, 6) is -0.760. The molecular weight excluding hydrogens is 293 g/mol. The van der Waals surface area contributed by atoms with Crippen LogP contribution in [0.1, 0.15) is 27.9 Å². The van der Waals surface area contributed by atoms with Gasteiger partial charge in [-0.15, -0.1) is 0 Å². The Labute approximate surface area is 126 Å². The second kappa shape index (κ2) is 5.93. The summed E-state index contributed by atoms with van der Waals surface area (Å²) in [4.78, 5) is 12.1. The van der Waals surface area contributed by atoms with Crippen LogP contribution in [0, 0.1) is 6.92 Å². The Kier molecular flexibility index (Phi) is 4.37. The third kappa shape index (κ3) is 3.20. The monoisotopic (exact) mass is 308 g/mol. The van der Waals surface area contributed by atoms with Gasteiger partial charge in [-0.3, -0.25) is 4.79 Å². The lowest BCUT2D eigenvalue weighted by molar-refractivity contribution is -0.264. The van der Waals surface area contributed by atoms with Crippen molar-refractivity contribution in [2.45, 2.75) is 25.1 Å². The molecule has 2 rings (SSSR count). The maximum atomic E-state index is 13.3. The fourth-order valence-electron chi connectivity index (χ4n) is 2.15. The molecule has 2 aromatic rings. The number of rotatable bonds is 4. The number of hydrogen-bond acceptors (Lipinski definition) is 2. The van der Waals surface area contributed by atoms with Crippen LogP contribution in [0.15, 0.2) is 54.6 Å². The minimum absolute atomic E-state index is 0.143. The van der Waals surface area contributed by atoms with E-state index in [-0.39, 0.29) is 11.1 Å². The Balaban J connectivity index is 2.36. The maximum Gasteiger partial charge on any atom is 0.421 e. The average Bonchev–Trinajstić information content (AvgIpc) is 2.47. The molecule has 0 fully saturated rings. The predicted molar refractivity (Wildman–Crippen MR) is 76.5 cm³/mol. The molecule has 0 aliphatic carbocycles. The van der Waals surface area contributed by atoms with Gasteiger partial charge in [-0.05, 0) is 12.5 Å². The molecule has 0 saturated carbocycles. The molecule has 0 amide bonds. The molecular formula is C17H15F3O2. The van der Waals surface area contributed by atoms with Crippen molar-refractivity contribution in [1.29, 1.82) is 0 Å². The van der Waals surface area contributed by atoms with E-state index in [4.69, 9.17) is 0 Å². The maximum absolute atomic E-state index is 13.3. The third-order valence-electron chi connectivity index (χ3n) is 3.51. The number of benzene rings is 2. The van der Waals surface area contributed by atoms with Gasteiger partial charge in [0.2, 0.25) is 0 Å². The van der Waals surface area contributed by atoms with Gasteiger partial charge in [-0.2, -0.15) is 13.2 Å². The van der Waals surface area contributed by atoms with E-state index in [1.54, 1.807) is 18.2 Å². The molecule has 1 atom stereocenters. The molecule has 0 aliphatic rings. The molecule has 0 heterocycles. The van der Waals surface area contributed by atoms with Crippen molar-refractivity contribution < 1.29 is 23.1 Å². The number of carbonyl (C=O) groups is 1. The van der Waals surface area contributed by atoms with E-state index in [0.717, 1.165) is 17.7 Å². The molecule has 0 spiro atoms. The standard InChI is InChI=1S/C17H15F3O2/c1-12-7-9-13(10-8-12)15(21)11-16(22,17(18,19)20)14-5-3-2-4-6-14/h2-10,22H,11H2,1H3. The van der Waals surface area contributed by atoms with Gasteiger partial charge in [0.1, 0.15) is 0 Å². The Bertz CT molecular complexity index is 648. The summed E-state index contributed by atoms with van der Waals surface area (Å²) in [6.45, 7) is 1.81. The number of alkyl halides is 3. The second-order valence-corrected chi connectivity index (χ2v) is 5.19. The lowest BCUT2D eigenvalue weighted by atomic mass is 9.86. The normalized spacial score (nSPS) is 14.4. The molecule has 5 heteroatoms. The van der Waals surface area contributed by atoms with Gasteiger partial charge in [0.25, 0.3) is 0 Å². The van der Waals surface area contributed by atoms with Crippen LogP contribution >= 0.6 is 0 Å². The van der Waals surface area contributed by atoms with Crippen molar-refractivity contribution in [3.63, 3.8) is 0 Å². The highest BCUT2D eigenvalue weighted by Crippen LogP contribution is 2.42. The number of ketones is 1. The van der Waals surface area contributed by atoms with Crippen molar-refractivity contribution in [1.82, 2.24) is 0 Å². The van der Waals surface area contributed by atoms with E-state index >= 15 is 0 Å². The summed E-state index contributed by atoms with van der Waals surface area (Å²) >= 11 is 0. The minimum Gasteiger partial charge on any atom is -0.376 e. The van der Waals surface area contributed by atoms with E-state index in [9.17, 15) is 23.1 Å². The molecule has 0 aliphatic heterocycles. The largest absolute Gasteiger partial charge is 0.421 e. The van der Waals surface area contributed by atoms with Gasteiger partial charge >= 0.3 is 6.18 Å². The predicted octanol–water partition coefficient (Wildman–Crippen LogP) is 4.02. The van der Waals surface area contributed by atoms with Gasteiger partial charge in [0.15, 0.2) is 11.4 Å². The second-order valence-electron chi connectivity index (χ2n) is 5.19. The van der Waals surface area contributed by atoms with Crippen LogP contribution in [0.2, 0.25) is 0 Å². The first kappa shape index (κ1) is 16.2. The minimum atomic E-state index is -4.95. The topological polar surface area (TPSA) is 37.3 Å². The SMILES string of the molecule is Cc1ccc(C(=O)CC(O)(c2ccccc2)C(F)(F)F)cc1. The summed E-state index contributed by atoms with van der Waals surface area (Å²) < 4.78 is 40.0. The summed E-state index contributed by atoms with van der Waals surface area (Å²) in [6, 6.07) is 12.8. The Morgan fingerprint density at radius 1 is 1.00 bits per heavy atom. The van der Waals surface area contributed by atoms with E-state index < -0.39 is 24.0 Å². The van der Waals surface area contributed by atoms with E-state index in [2.05, 4.69) is 0 Å². The van der Waals surface area contributed by atoms with Crippen molar-refractivity contribution in [3.05, 3.63) is 71.3 Å². The highest BCUT2D eigenvalue weighted by molar-refractivity contribution is 5.96. The summed E-state index contributed by atoms with van der Waals surface area (Å²) in [6.07, 6.45) is -6.00. The first-order valence-electron chi connectivity index (χ1n) is 6.68. The number of carbonyl (C=O) groups excluding carboxylic acids is 1. The van der Waals surface area contributed by atoms with Crippen molar-refractivity contribution in [2.75, 3.05) is 0 Å². The van der Waals surface area contributed by atoms with Crippen LogP contribution in [0.25, 0.3) is 0 Å². The highest BCUT2D eigenvalue weighted by atomic mass is 19.4. The first-order chi connectivity index (χ1) is 10.2. The van der Waals surface area contributed by atoms with Crippen LogP contribution in [0.5, 0.6) is 0 Å². The lowest BCUT2D eigenvalue weighted by Gasteiger charge is -2.30. The zero-order valence-corrected chi connectivity index (χ0v) is 11.9. The zero-order valence-electron chi connectivity index (χ0n) is 11.9. The van der Waals surface area contributed by atoms with Crippen LogP contribution in [-0.4, -0.2) is 17.1 Å². The molecule has 0 aromatic heterocycles. The summed E-state index contributed by atoms with van der Waals surface area (Å²) in [5, 5.41) is 10.2. The molecule has 22 heavy (non-hydrogen) atoms. The molecule has 0 radical (unpaired) electrons. The number of halogens is 3. The molecule has 0 bridgehead atoms. The number of aliphatic hydroxyl groups is 1. The first-order valence-corrected chi connectivity index (χ1v) is 6.68. The van der Waals surface area contributed by atoms with Crippen LogP contribution in [0.3, 0.4) is 0 Å². The Morgan fingerprint density at radius 2 is 1.55 bits per heavy atom. The van der Waals surface area contributed by atoms with E-state index in [1.807, 2.05) is 6.92 Å². The molecule has 1 unspecified atom stereocenters. The quantitative estimate of drug-likeness (QED) is 0.866. The Morgan fingerprint density at radius 3 is 2.05 bits per heavy atom. The van der Waals surface area contributed by atoms with Gasteiger partial charge in [0.05, 0.1) is 6.42 Å². The van der Waals surface area contributed by atoms with Crippen LogP contribution in [-0.2, 0) is 5.60 Å². The summed E-state index contributed by atoms with van der Waals surface area (Å²) in [5.41, 5.74) is -2.51. The van der Waals surface area contributed by atoms with Gasteiger partial charge < -0.3 is 5.11 Å². The molecule has 0 saturated heterocycles.